The van der Waals surface area contributed by atoms with Gasteiger partial charge in [-0.05, 0) is 37.1 Å². The van der Waals surface area contributed by atoms with Gasteiger partial charge in [0.1, 0.15) is 11.5 Å². The molecule has 2 heterocycles. The highest BCUT2D eigenvalue weighted by Crippen LogP contribution is 2.26. The lowest BCUT2D eigenvalue weighted by molar-refractivity contribution is -0.0493. The molecule has 0 aliphatic carbocycles. The number of halogens is 2. The summed E-state index contributed by atoms with van der Waals surface area (Å²) < 4.78 is 40.5. The second-order valence-corrected chi connectivity index (χ2v) is 5.90. The second kappa shape index (κ2) is 8.66. The van der Waals surface area contributed by atoms with E-state index in [0.29, 0.717) is 18.9 Å². The molecule has 1 fully saturated rings. The molecule has 1 aliphatic rings. The lowest BCUT2D eigenvalue weighted by atomic mass is 10.2. The number of benzene rings is 1. The minimum Gasteiger partial charge on any atom is -0.467 e. The number of ether oxygens (including phenoxy) is 2. The van der Waals surface area contributed by atoms with E-state index in [9.17, 15) is 13.6 Å². The number of furan rings is 1. The Labute approximate surface area is 149 Å². The van der Waals surface area contributed by atoms with Crippen LogP contribution in [0.2, 0.25) is 0 Å². The van der Waals surface area contributed by atoms with Crippen LogP contribution in [-0.2, 0) is 11.3 Å². The number of rotatable bonds is 7. The molecular weight excluding hydrogens is 346 g/mol. The number of alkyl halides is 2. The third-order valence-electron chi connectivity index (χ3n) is 4.01. The third kappa shape index (κ3) is 4.95. The molecular formula is C18H20F2N2O4. The van der Waals surface area contributed by atoms with Crippen molar-refractivity contribution in [3.63, 3.8) is 0 Å². The van der Waals surface area contributed by atoms with Crippen LogP contribution in [0.25, 0.3) is 0 Å². The van der Waals surface area contributed by atoms with Crippen molar-refractivity contribution in [2.75, 3.05) is 18.5 Å². The summed E-state index contributed by atoms with van der Waals surface area (Å²) in [5.74, 6) is 0.529. The minimum absolute atomic E-state index is 0.0525. The van der Waals surface area contributed by atoms with Gasteiger partial charge in [0.2, 0.25) is 0 Å². The van der Waals surface area contributed by atoms with Crippen LogP contribution in [-0.4, -0.2) is 36.8 Å². The lowest BCUT2D eigenvalue weighted by Crippen LogP contribution is -2.39. The predicted molar refractivity (Wildman–Crippen MR) is 90.2 cm³/mol. The fourth-order valence-electron chi connectivity index (χ4n) is 2.81. The molecule has 1 atom stereocenters. The number of nitrogens with one attached hydrogen (secondary N) is 1. The van der Waals surface area contributed by atoms with E-state index in [2.05, 4.69) is 10.1 Å². The summed E-state index contributed by atoms with van der Waals surface area (Å²) in [6, 6.07) is 9.13. The number of carbonyl (C=O) groups is 1. The number of hydrogen-bond donors (Lipinski definition) is 1. The van der Waals surface area contributed by atoms with Gasteiger partial charge in [-0.1, -0.05) is 12.1 Å². The third-order valence-corrected chi connectivity index (χ3v) is 4.01. The highest BCUT2D eigenvalue weighted by atomic mass is 19.3. The van der Waals surface area contributed by atoms with E-state index in [1.807, 2.05) is 0 Å². The number of urea groups is 1. The first-order chi connectivity index (χ1) is 12.6. The van der Waals surface area contributed by atoms with E-state index in [-0.39, 0.29) is 24.1 Å². The fourth-order valence-corrected chi connectivity index (χ4v) is 2.81. The monoisotopic (exact) mass is 366 g/mol. The van der Waals surface area contributed by atoms with Crippen molar-refractivity contribution >= 4 is 11.7 Å². The maximum absolute atomic E-state index is 12.7. The first kappa shape index (κ1) is 18.2. The summed E-state index contributed by atoms with van der Waals surface area (Å²) in [6.45, 7) is -1.67. The van der Waals surface area contributed by atoms with Gasteiger partial charge in [0, 0.05) is 13.2 Å². The van der Waals surface area contributed by atoms with Crippen LogP contribution < -0.4 is 10.1 Å². The molecule has 140 valence electrons. The van der Waals surface area contributed by atoms with Crippen LogP contribution in [0, 0.1) is 0 Å². The highest BCUT2D eigenvalue weighted by molar-refractivity contribution is 5.91. The van der Waals surface area contributed by atoms with Gasteiger partial charge in [-0.2, -0.15) is 8.78 Å². The molecule has 0 radical (unpaired) electrons. The Kier molecular flexibility index (Phi) is 6.06. The summed E-state index contributed by atoms with van der Waals surface area (Å²) in [7, 11) is 0. The van der Waals surface area contributed by atoms with E-state index in [1.54, 1.807) is 24.3 Å². The Morgan fingerprint density at radius 2 is 2.15 bits per heavy atom. The number of hydrogen-bond acceptors (Lipinski definition) is 4. The molecule has 1 saturated heterocycles. The van der Waals surface area contributed by atoms with Crippen molar-refractivity contribution in [1.29, 1.82) is 0 Å². The Bertz CT molecular complexity index is 703. The van der Waals surface area contributed by atoms with Gasteiger partial charge >= 0.3 is 12.6 Å². The molecule has 0 saturated carbocycles. The molecule has 2 aromatic rings. The molecule has 1 N–H and O–H groups in total. The van der Waals surface area contributed by atoms with Crippen LogP contribution in [0.4, 0.5) is 19.3 Å². The zero-order valence-electron chi connectivity index (χ0n) is 14.1. The maximum Gasteiger partial charge on any atom is 0.387 e. The summed E-state index contributed by atoms with van der Waals surface area (Å²) >= 11 is 0. The van der Waals surface area contributed by atoms with Crippen molar-refractivity contribution in [2.45, 2.75) is 32.1 Å². The summed E-state index contributed by atoms with van der Waals surface area (Å²) in [6.07, 6.45) is 3.30. The van der Waals surface area contributed by atoms with Gasteiger partial charge in [0.15, 0.2) is 0 Å². The van der Waals surface area contributed by atoms with E-state index >= 15 is 0 Å². The molecule has 1 aliphatic heterocycles. The Hall–Kier alpha value is -2.61. The standard InChI is InChI=1S/C18H20F2N2O4/c19-17(20)26-16-8-2-1-7-15(16)21-18(23)22(11-13-5-3-9-24-13)12-14-6-4-10-25-14/h1-3,5,7-9,14,17H,4,6,10-12H2,(H,21,23). The van der Waals surface area contributed by atoms with E-state index in [4.69, 9.17) is 9.15 Å². The summed E-state index contributed by atoms with van der Waals surface area (Å²) in [4.78, 5) is 14.3. The topological polar surface area (TPSA) is 63.9 Å². The van der Waals surface area contributed by atoms with Gasteiger partial charge in [0.25, 0.3) is 0 Å². The number of carbonyl (C=O) groups excluding carboxylic acids is 1. The van der Waals surface area contributed by atoms with Crippen LogP contribution in [0.5, 0.6) is 5.75 Å². The van der Waals surface area contributed by atoms with Crippen molar-refractivity contribution < 1.29 is 27.5 Å². The fraction of sp³-hybridized carbons (Fsp3) is 0.389. The van der Waals surface area contributed by atoms with E-state index < -0.39 is 12.6 Å². The first-order valence-electron chi connectivity index (χ1n) is 8.35. The predicted octanol–water partition coefficient (Wildman–Crippen LogP) is 4.09. The van der Waals surface area contributed by atoms with Crippen LogP contribution in [0.1, 0.15) is 18.6 Å². The SMILES string of the molecule is O=C(Nc1ccccc1OC(F)F)N(Cc1ccco1)CC1CCCO1. The van der Waals surface area contributed by atoms with E-state index in [1.165, 1.54) is 23.3 Å². The van der Waals surface area contributed by atoms with Crippen LogP contribution in [0.15, 0.2) is 47.1 Å². The van der Waals surface area contributed by atoms with Crippen molar-refractivity contribution in [2.24, 2.45) is 0 Å². The Morgan fingerprint density at radius 3 is 2.85 bits per heavy atom. The first-order valence-corrected chi connectivity index (χ1v) is 8.35. The zero-order valence-corrected chi connectivity index (χ0v) is 14.1. The number of nitrogens with zero attached hydrogens (tertiary/aromatic N) is 1. The number of para-hydroxylation sites is 2. The average Bonchev–Trinajstić information content (AvgIpc) is 3.29. The zero-order chi connectivity index (χ0) is 18.4. The molecule has 0 bridgehead atoms. The van der Waals surface area contributed by atoms with Crippen molar-refractivity contribution in [1.82, 2.24) is 4.90 Å². The van der Waals surface area contributed by atoms with Crippen molar-refractivity contribution in [3.8, 4) is 5.75 Å². The van der Waals surface area contributed by atoms with Gasteiger partial charge in [0.05, 0.1) is 24.6 Å². The quantitative estimate of drug-likeness (QED) is 0.802. The van der Waals surface area contributed by atoms with Crippen molar-refractivity contribution in [3.05, 3.63) is 48.4 Å². The lowest BCUT2D eigenvalue weighted by Gasteiger charge is -2.25. The average molecular weight is 366 g/mol. The number of anilines is 1. The van der Waals surface area contributed by atoms with Gasteiger partial charge < -0.3 is 24.1 Å². The molecule has 6 nitrogen and oxygen atoms in total. The molecule has 0 spiro atoms. The Morgan fingerprint density at radius 1 is 1.31 bits per heavy atom. The van der Waals surface area contributed by atoms with Gasteiger partial charge in [-0.25, -0.2) is 4.79 Å². The largest absolute Gasteiger partial charge is 0.467 e. The normalized spacial score (nSPS) is 16.7. The van der Waals surface area contributed by atoms with Gasteiger partial charge in [-0.3, -0.25) is 0 Å². The maximum atomic E-state index is 12.7. The minimum atomic E-state index is -2.97. The van der Waals surface area contributed by atoms with Crippen LogP contribution >= 0.6 is 0 Å². The molecule has 3 rings (SSSR count). The smallest absolute Gasteiger partial charge is 0.387 e. The molecule has 8 heteroatoms. The summed E-state index contributed by atoms with van der Waals surface area (Å²) in [5, 5.41) is 2.63. The molecule has 1 aromatic carbocycles. The van der Waals surface area contributed by atoms with E-state index in [0.717, 1.165) is 12.8 Å². The Balaban J connectivity index is 1.72. The van der Waals surface area contributed by atoms with Crippen LogP contribution in [0.3, 0.4) is 0 Å². The molecule has 2 amide bonds. The second-order valence-electron chi connectivity index (χ2n) is 5.90. The highest BCUT2D eigenvalue weighted by Gasteiger charge is 2.24. The molecule has 1 unspecified atom stereocenters. The summed E-state index contributed by atoms with van der Waals surface area (Å²) in [5.41, 5.74) is 0.176. The molecule has 26 heavy (non-hydrogen) atoms. The van der Waals surface area contributed by atoms with Gasteiger partial charge in [-0.15, -0.1) is 0 Å². The number of amides is 2. The molecule has 1 aromatic heterocycles.